The van der Waals surface area contributed by atoms with Gasteiger partial charge >= 0.3 is 0 Å². The minimum atomic E-state index is -0.684. The van der Waals surface area contributed by atoms with Crippen molar-refractivity contribution in [2.24, 2.45) is 0 Å². The Morgan fingerprint density at radius 3 is 2.17 bits per heavy atom. The summed E-state index contributed by atoms with van der Waals surface area (Å²) in [6.07, 6.45) is 0.252. The maximum absolute atomic E-state index is 9.19. The van der Waals surface area contributed by atoms with Crippen molar-refractivity contribution in [3.63, 3.8) is 0 Å². The van der Waals surface area contributed by atoms with Crippen LogP contribution >= 0.6 is 0 Å². The van der Waals surface area contributed by atoms with Crippen LogP contribution in [0.4, 0.5) is 0 Å². The van der Waals surface area contributed by atoms with Crippen LogP contribution < -0.4 is 5.32 Å². The predicted octanol–water partition coefficient (Wildman–Crippen LogP) is -0.910. The van der Waals surface area contributed by atoms with E-state index < -0.39 is 11.6 Å². The molecule has 0 aliphatic rings. The van der Waals surface area contributed by atoms with Crippen LogP contribution in [0.3, 0.4) is 0 Å². The maximum atomic E-state index is 9.19. The van der Waals surface area contributed by atoms with Crippen LogP contribution in [0.25, 0.3) is 0 Å². The minimum absolute atomic E-state index is 0.139. The largest absolute Gasteiger partial charge is 0.394 e. The summed E-state index contributed by atoms with van der Waals surface area (Å²) in [7, 11) is 0. The smallest absolute Gasteiger partial charge is 0.0662 e. The van der Waals surface area contributed by atoms with Crippen molar-refractivity contribution in [2.45, 2.75) is 31.9 Å². The molecule has 0 bridgehead atoms. The second-order valence-corrected chi connectivity index (χ2v) is 3.32. The zero-order valence-corrected chi connectivity index (χ0v) is 7.75. The quantitative estimate of drug-likeness (QED) is 0.424. The number of hydrogen-bond acceptors (Lipinski definition) is 4. The van der Waals surface area contributed by atoms with Gasteiger partial charge < -0.3 is 20.6 Å². The summed E-state index contributed by atoms with van der Waals surface area (Å²) < 4.78 is 0. The van der Waals surface area contributed by atoms with Gasteiger partial charge in [-0.15, -0.1) is 0 Å². The van der Waals surface area contributed by atoms with E-state index in [0.717, 1.165) is 0 Å². The Morgan fingerprint density at radius 2 is 1.83 bits per heavy atom. The van der Waals surface area contributed by atoms with Crippen LogP contribution in [0.2, 0.25) is 0 Å². The van der Waals surface area contributed by atoms with Crippen LogP contribution in [-0.4, -0.2) is 46.7 Å². The number of aliphatic hydroxyl groups excluding tert-OH is 3. The molecule has 4 nitrogen and oxygen atoms in total. The normalized spacial score (nSPS) is 14.8. The van der Waals surface area contributed by atoms with E-state index in [-0.39, 0.29) is 13.2 Å². The summed E-state index contributed by atoms with van der Waals surface area (Å²) in [5.41, 5.74) is -0.684. The Morgan fingerprint density at radius 1 is 1.33 bits per heavy atom. The molecule has 0 radical (unpaired) electrons. The average molecular weight is 177 g/mol. The molecule has 0 aromatic heterocycles. The van der Waals surface area contributed by atoms with Crippen LogP contribution in [0.5, 0.6) is 0 Å². The highest BCUT2D eigenvalue weighted by Gasteiger charge is 2.21. The molecule has 1 unspecified atom stereocenters. The highest BCUT2D eigenvalue weighted by Crippen LogP contribution is 2.01. The van der Waals surface area contributed by atoms with Crippen LogP contribution in [0.1, 0.15) is 20.3 Å². The Bertz CT molecular complexity index is 115. The van der Waals surface area contributed by atoms with E-state index in [1.54, 1.807) is 6.92 Å². The van der Waals surface area contributed by atoms with E-state index in [4.69, 9.17) is 10.2 Å². The lowest BCUT2D eigenvalue weighted by atomic mass is 10.1. The summed E-state index contributed by atoms with van der Waals surface area (Å²) in [5.74, 6) is 0. The molecular weight excluding hydrogens is 158 g/mol. The SMILES string of the molecule is CCC(O)CNC(C)(CO)CO. The van der Waals surface area contributed by atoms with Crippen LogP contribution in [0, 0.1) is 0 Å². The van der Waals surface area contributed by atoms with Gasteiger partial charge in [0.15, 0.2) is 0 Å². The topological polar surface area (TPSA) is 72.7 Å². The fourth-order valence-electron chi connectivity index (χ4n) is 0.670. The van der Waals surface area contributed by atoms with E-state index in [9.17, 15) is 5.11 Å². The first kappa shape index (κ1) is 11.8. The lowest BCUT2D eigenvalue weighted by Gasteiger charge is -2.27. The average Bonchev–Trinajstić information content (AvgIpc) is 2.13. The van der Waals surface area contributed by atoms with Gasteiger partial charge in [0.2, 0.25) is 0 Å². The standard InChI is InChI=1S/C8H19NO3/c1-3-7(12)4-9-8(2,5-10)6-11/h7,9-12H,3-6H2,1-2H3. The first-order valence-corrected chi connectivity index (χ1v) is 4.22. The molecule has 0 saturated heterocycles. The van der Waals surface area contributed by atoms with E-state index >= 15 is 0 Å². The molecule has 0 aromatic rings. The van der Waals surface area contributed by atoms with Gasteiger partial charge in [-0.1, -0.05) is 6.92 Å². The lowest BCUT2D eigenvalue weighted by molar-refractivity contribution is 0.0837. The second kappa shape index (κ2) is 5.48. The molecule has 0 aliphatic heterocycles. The van der Waals surface area contributed by atoms with Gasteiger partial charge in [0, 0.05) is 6.54 Å². The molecular formula is C8H19NO3. The summed E-state index contributed by atoms with van der Waals surface area (Å²) in [4.78, 5) is 0. The van der Waals surface area contributed by atoms with Crippen molar-refractivity contribution in [1.82, 2.24) is 5.32 Å². The predicted molar refractivity (Wildman–Crippen MR) is 46.9 cm³/mol. The molecule has 12 heavy (non-hydrogen) atoms. The molecule has 4 heteroatoms. The molecule has 0 heterocycles. The molecule has 0 aliphatic carbocycles. The zero-order chi connectivity index (χ0) is 9.61. The monoisotopic (exact) mass is 177 g/mol. The Hall–Kier alpha value is -0.160. The molecule has 0 fully saturated rings. The van der Waals surface area contributed by atoms with Gasteiger partial charge in [-0.2, -0.15) is 0 Å². The Kier molecular flexibility index (Phi) is 5.41. The fourth-order valence-corrected chi connectivity index (χ4v) is 0.670. The van der Waals surface area contributed by atoms with Gasteiger partial charge in [0.25, 0.3) is 0 Å². The molecule has 0 saturated carbocycles. The van der Waals surface area contributed by atoms with E-state index in [2.05, 4.69) is 5.32 Å². The number of nitrogens with one attached hydrogen (secondary N) is 1. The van der Waals surface area contributed by atoms with Crippen LogP contribution in [0.15, 0.2) is 0 Å². The lowest BCUT2D eigenvalue weighted by Crippen LogP contribution is -2.51. The minimum Gasteiger partial charge on any atom is -0.394 e. The molecule has 0 spiro atoms. The molecule has 74 valence electrons. The first-order valence-electron chi connectivity index (χ1n) is 4.22. The maximum Gasteiger partial charge on any atom is 0.0662 e. The number of hydrogen-bond donors (Lipinski definition) is 4. The van der Waals surface area contributed by atoms with E-state index in [1.165, 1.54) is 0 Å². The van der Waals surface area contributed by atoms with E-state index in [1.807, 2.05) is 6.92 Å². The van der Waals surface area contributed by atoms with Crippen molar-refractivity contribution in [1.29, 1.82) is 0 Å². The van der Waals surface area contributed by atoms with Gasteiger partial charge in [0.05, 0.1) is 24.9 Å². The number of rotatable bonds is 6. The van der Waals surface area contributed by atoms with Gasteiger partial charge in [0.1, 0.15) is 0 Å². The summed E-state index contributed by atoms with van der Waals surface area (Å²) >= 11 is 0. The first-order chi connectivity index (χ1) is 5.58. The van der Waals surface area contributed by atoms with Crippen molar-refractivity contribution in [3.05, 3.63) is 0 Å². The van der Waals surface area contributed by atoms with Crippen molar-refractivity contribution < 1.29 is 15.3 Å². The summed E-state index contributed by atoms with van der Waals surface area (Å²) in [6.45, 7) is 3.70. The third-order valence-electron chi connectivity index (χ3n) is 1.93. The molecule has 0 amide bonds. The van der Waals surface area contributed by atoms with Crippen molar-refractivity contribution in [2.75, 3.05) is 19.8 Å². The van der Waals surface area contributed by atoms with Gasteiger partial charge in [-0.3, -0.25) is 0 Å². The zero-order valence-electron chi connectivity index (χ0n) is 7.75. The van der Waals surface area contributed by atoms with Gasteiger partial charge in [-0.25, -0.2) is 0 Å². The molecule has 1 atom stereocenters. The number of aliphatic hydroxyl groups is 3. The summed E-state index contributed by atoms with van der Waals surface area (Å²) in [6, 6.07) is 0. The molecule has 0 aromatic carbocycles. The summed E-state index contributed by atoms with van der Waals surface area (Å²) in [5, 5.41) is 29.8. The Balaban J connectivity index is 3.72. The van der Waals surface area contributed by atoms with Crippen molar-refractivity contribution >= 4 is 0 Å². The third kappa shape index (κ3) is 4.01. The van der Waals surface area contributed by atoms with Crippen LogP contribution in [-0.2, 0) is 0 Å². The molecule has 4 N–H and O–H groups in total. The second-order valence-electron chi connectivity index (χ2n) is 3.32. The van der Waals surface area contributed by atoms with Gasteiger partial charge in [-0.05, 0) is 13.3 Å². The number of β-amino-alcohol motifs (C(OH)–C–C–N with tert-alkyl or cyclic N) is 1. The van der Waals surface area contributed by atoms with E-state index in [0.29, 0.717) is 13.0 Å². The highest BCUT2D eigenvalue weighted by molar-refractivity contribution is 4.81. The third-order valence-corrected chi connectivity index (χ3v) is 1.93. The molecule has 0 rings (SSSR count). The van der Waals surface area contributed by atoms with Crippen molar-refractivity contribution in [3.8, 4) is 0 Å². The highest BCUT2D eigenvalue weighted by atomic mass is 16.3. The fraction of sp³-hybridized carbons (Fsp3) is 1.00. The Labute approximate surface area is 73.2 Å².